The van der Waals surface area contributed by atoms with Crippen molar-refractivity contribution in [1.82, 2.24) is 4.98 Å². The van der Waals surface area contributed by atoms with Crippen LogP contribution in [0.5, 0.6) is 0 Å². The van der Waals surface area contributed by atoms with E-state index in [2.05, 4.69) is 11.9 Å². The van der Waals surface area contributed by atoms with Crippen LogP contribution in [0.3, 0.4) is 0 Å². The van der Waals surface area contributed by atoms with E-state index in [0.29, 0.717) is 0 Å². The SMILES string of the molecule is CC1(c2cncc(F)c2)CCCC1. The average molecular weight is 179 g/mol. The molecule has 13 heavy (non-hydrogen) atoms. The van der Waals surface area contributed by atoms with Gasteiger partial charge in [-0.1, -0.05) is 19.8 Å². The molecule has 1 fully saturated rings. The lowest BCUT2D eigenvalue weighted by molar-refractivity contribution is 0.483. The van der Waals surface area contributed by atoms with Gasteiger partial charge in [-0.25, -0.2) is 4.39 Å². The van der Waals surface area contributed by atoms with Crippen LogP contribution >= 0.6 is 0 Å². The maximum atomic E-state index is 12.9. The zero-order valence-electron chi connectivity index (χ0n) is 7.89. The van der Waals surface area contributed by atoms with Crippen molar-refractivity contribution >= 4 is 0 Å². The first-order chi connectivity index (χ1) is 6.21. The molecule has 0 bridgehead atoms. The summed E-state index contributed by atoms with van der Waals surface area (Å²) in [6.07, 6.45) is 7.91. The van der Waals surface area contributed by atoms with Crippen molar-refractivity contribution < 1.29 is 4.39 Å². The maximum absolute atomic E-state index is 12.9. The van der Waals surface area contributed by atoms with Gasteiger partial charge in [0.2, 0.25) is 0 Å². The van der Waals surface area contributed by atoms with Crippen LogP contribution in [0.4, 0.5) is 4.39 Å². The molecule has 1 aromatic heterocycles. The third-order valence-electron chi connectivity index (χ3n) is 3.11. The van der Waals surface area contributed by atoms with Crippen LogP contribution < -0.4 is 0 Å². The van der Waals surface area contributed by atoms with Crippen LogP contribution in [0.25, 0.3) is 0 Å². The van der Waals surface area contributed by atoms with Crippen LogP contribution in [0, 0.1) is 5.82 Å². The van der Waals surface area contributed by atoms with Crippen LogP contribution in [0.1, 0.15) is 38.2 Å². The number of hydrogen-bond donors (Lipinski definition) is 0. The summed E-state index contributed by atoms with van der Waals surface area (Å²) in [5, 5.41) is 0. The fourth-order valence-electron chi connectivity index (χ4n) is 2.19. The molecule has 2 heteroatoms. The molecule has 0 unspecified atom stereocenters. The van der Waals surface area contributed by atoms with Crippen LogP contribution in [-0.2, 0) is 5.41 Å². The van der Waals surface area contributed by atoms with Gasteiger partial charge in [0.05, 0.1) is 6.20 Å². The number of hydrogen-bond acceptors (Lipinski definition) is 1. The van der Waals surface area contributed by atoms with E-state index in [1.165, 1.54) is 19.0 Å². The molecule has 0 spiro atoms. The molecule has 2 rings (SSSR count). The van der Waals surface area contributed by atoms with Gasteiger partial charge in [0, 0.05) is 6.20 Å². The van der Waals surface area contributed by atoms with E-state index in [1.807, 2.05) is 0 Å². The Morgan fingerprint density at radius 3 is 2.62 bits per heavy atom. The highest BCUT2D eigenvalue weighted by molar-refractivity contribution is 5.22. The molecule has 0 aromatic carbocycles. The Hall–Kier alpha value is -0.920. The molecule has 1 heterocycles. The summed E-state index contributed by atoms with van der Waals surface area (Å²) in [5.41, 5.74) is 1.24. The summed E-state index contributed by atoms with van der Waals surface area (Å²) in [6.45, 7) is 2.20. The smallest absolute Gasteiger partial charge is 0.141 e. The molecule has 1 saturated carbocycles. The van der Waals surface area contributed by atoms with Crippen molar-refractivity contribution in [1.29, 1.82) is 0 Å². The highest BCUT2D eigenvalue weighted by Gasteiger charge is 2.30. The van der Waals surface area contributed by atoms with Crippen LogP contribution in [-0.4, -0.2) is 4.98 Å². The van der Waals surface area contributed by atoms with E-state index in [4.69, 9.17) is 0 Å². The summed E-state index contributed by atoms with van der Waals surface area (Å²) < 4.78 is 12.9. The third-order valence-corrected chi connectivity index (χ3v) is 3.11. The normalized spacial score (nSPS) is 20.5. The van der Waals surface area contributed by atoms with Gasteiger partial charge in [-0.3, -0.25) is 4.98 Å². The van der Waals surface area contributed by atoms with E-state index in [0.717, 1.165) is 18.4 Å². The van der Waals surface area contributed by atoms with Gasteiger partial charge < -0.3 is 0 Å². The Morgan fingerprint density at radius 1 is 1.31 bits per heavy atom. The van der Waals surface area contributed by atoms with E-state index in [9.17, 15) is 4.39 Å². The molecule has 70 valence electrons. The largest absolute Gasteiger partial charge is 0.261 e. The number of halogens is 1. The summed E-state index contributed by atoms with van der Waals surface area (Å²) >= 11 is 0. The first kappa shape index (κ1) is 8.67. The Labute approximate surface area is 78.0 Å². The summed E-state index contributed by atoms with van der Waals surface area (Å²) in [7, 11) is 0. The molecule has 0 N–H and O–H groups in total. The molecular formula is C11H14FN. The minimum atomic E-state index is -0.217. The highest BCUT2D eigenvalue weighted by Crippen LogP contribution is 2.40. The lowest BCUT2D eigenvalue weighted by atomic mass is 9.82. The van der Waals surface area contributed by atoms with Crippen LogP contribution in [0.15, 0.2) is 18.5 Å². The summed E-state index contributed by atoms with van der Waals surface area (Å²) in [5.74, 6) is -0.217. The van der Waals surface area contributed by atoms with Gasteiger partial charge in [0.25, 0.3) is 0 Å². The predicted molar refractivity (Wildman–Crippen MR) is 50.0 cm³/mol. The van der Waals surface area contributed by atoms with Crippen molar-refractivity contribution in [3.63, 3.8) is 0 Å². The van der Waals surface area contributed by atoms with E-state index in [1.54, 1.807) is 12.3 Å². The zero-order valence-corrected chi connectivity index (χ0v) is 7.89. The minimum absolute atomic E-state index is 0.176. The van der Waals surface area contributed by atoms with E-state index >= 15 is 0 Å². The molecule has 1 aliphatic carbocycles. The number of nitrogens with zero attached hydrogens (tertiary/aromatic N) is 1. The first-order valence-corrected chi connectivity index (χ1v) is 4.82. The molecule has 0 aliphatic heterocycles. The van der Waals surface area contributed by atoms with Crippen molar-refractivity contribution in [2.75, 3.05) is 0 Å². The number of aromatic nitrogens is 1. The highest BCUT2D eigenvalue weighted by atomic mass is 19.1. The van der Waals surface area contributed by atoms with Crippen molar-refractivity contribution in [3.8, 4) is 0 Å². The second-order valence-electron chi connectivity index (χ2n) is 4.16. The van der Waals surface area contributed by atoms with E-state index in [-0.39, 0.29) is 11.2 Å². The average Bonchev–Trinajstić information content (AvgIpc) is 2.54. The van der Waals surface area contributed by atoms with E-state index < -0.39 is 0 Å². The molecule has 1 aromatic rings. The van der Waals surface area contributed by atoms with Gasteiger partial charge in [-0.05, 0) is 29.9 Å². The third kappa shape index (κ3) is 1.58. The molecule has 1 aliphatic rings. The second kappa shape index (κ2) is 3.09. The molecule has 0 atom stereocenters. The Bertz CT molecular complexity index is 303. The molecule has 0 amide bonds. The Morgan fingerprint density at radius 2 is 2.00 bits per heavy atom. The lowest BCUT2D eigenvalue weighted by Gasteiger charge is -2.23. The standard InChI is InChI=1S/C11H14FN/c1-11(4-2-3-5-11)9-6-10(12)8-13-7-9/h6-8H,2-5H2,1H3. The second-order valence-corrected chi connectivity index (χ2v) is 4.16. The van der Waals surface area contributed by atoms with Gasteiger partial charge in [-0.15, -0.1) is 0 Å². The number of rotatable bonds is 1. The fourth-order valence-corrected chi connectivity index (χ4v) is 2.19. The Kier molecular flexibility index (Phi) is 2.06. The fraction of sp³-hybridized carbons (Fsp3) is 0.545. The maximum Gasteiger partial charge on any atom is 0.141 e. The summed E-state index contributed by atoms with van der Waals surface area (Å²) in [6, 6.07) is 1.62. The zero-order chi connectivity index (χ0) is 9.31. The lowest BCUT2D eigenvalue weighted by Crippen LogP contribution is -2.17. The molecule has 0 radical (unpaired) electrons. The molecular weight excluding hydrogens is 165 g/mol. The van der Waals surface area contributed by atoms with Gasteiger partial charge >= 0.3 is 0 Å². The van der Waals surface area contributed by atoms with Crippen molar-refractivity contribution in [3.05, 3.63) is 29.8 Å². The topological polar surface area (TPSA) is 12.9 Å². The molecule has 0 saturated heterocycles. The Balaban J connectivity index is 2.33. The predicted octanol–water partition coefficient (Wildman–Crippen LogP) is 3.05. The van der Waals surface area contributed by atoms with Crippen LogP contribution in [0.2, 0.25) is 0 Å². The van der Waals surface area contributed by atoms with Gasteiger partial charge in [-0.2, -0.15) is 0 Å². The number of pyridine rings is 1. The molecule has 1 nitrogen and oxygen atoms in total. The first-order valence-electron chi connectivity index (χ1n) is 4.82. The summed E-state index contributed by atoms with van der Waals surface area (Å²) in [4.78, 5) is 3.90. The van der Waals surface area contributed by atoms with Crippen molar-refractivity contribution in [2.24, 2.45) is 0 Å². The van der Waals surface area contributed by atoms with Crippen molar-refractivity contribution in [2.45, 2.75) is 38.0 Å². The van der Waals surface area contributed by atoms with Gasteiger partial charge in [0.15, 0.2) is 0 Å². The van der Waals surface area contributed by atoms with Gasteiger partial charge in [0.1, 0.15) is 5.82 Å². The quantitative estimate of drug-likeness (QED) is 0.645. The minimum Gasteiger partial charge on any atom is -0.261 e. The monoisotopic (exact) mass is 179 g/mol.